The van der Waals surface area contributed by atoms with Crippen molar-refractivity contribution < 1.29 is 19.8 Å². The summed E-state index contributed by atoms with van der Waals surface area (Å²) in [6.07, 6.45) is 0. The van der Waals surface area contributed by atoms with E-state index in [1.165, 1.54) is 23.0 Å². The summed E-state index contributed by atoms with van der Waals surface area (Å²) in [5.41, 5.74) is 0. The second kappa shape index (κ2) is 15.5. The Morgan fingerprint density at radius 2 is 1.07 bits per heavy atom. The average molecular weight is 272 g/mol. The Kier molecular flexibility index (Phi) is 26.1. The molecule has 4 N–H and O–H groups in total. The molecule has 0 saturated heterocycles. The molecule has 0 bridgehead atoms. The number of rotatable bonds is 4. The molecule has 0 aliphatic rings. The van der Waals surface area contributed by atoms with Gasteiger partial charge in [0, 0.05) is 0 Å². The Morgan fingerprint density at radius 3 is 1.07 bits per heavy atom. The quantitative estimate of drug-likeness (QED) is 0.585. The Balaban J connectivity index is -0.0000000883. The van der Waals surface area contributed by atoms with Crippen LogP contribution >= 0.6 is 18.3 Å². The summed E-state index contributed by atoms with van der Waals surface area (Å²) in [5.74, 6) is 5.71. The molecule has 0 amide bonds. The molecule has 0 aromatic heterocycles. The summed E-state index contributed by atoms with van der Waals surface area (Å²) >= 11 is 0. The fraction of sp³-hybridized carbons (Fsp3) is 1.00. The molecule has 0 heterocycles. The van der Waals surface area contributed by atoms with Crippen LogP contribution in [-0.2, 0) is 4.57 Å². The van der Waals surface area contributed by atoms with Crippen LogP contribution in [0.2, 0.25) is 0 Å². The van der Waals surface area contributed by atoms with Gasteiger partial charge in [-0.1, -0.05) is 27.7 Å². The molecule has 0 saturated carbocycles. The van der Waals surface area contributed by atoms with Gasteiger partial charge in [-0.05, 0) is 23.0 Å². The van der Waals surface area contributed by atoms with Crippen LogP contribution in [0.5, 0.6) is 0 Å². The fourth-order valence-corrected chi connectivity index (χ4v) is 3.67. The van der Waals surface area contributed by atoms with Gasteiger partial charge in [-0.3, -0.25) is 4.57 Å². The van der Waals surface area contributed by atoms with Gasteiger partial charge in [0.25, 0.3) is 0 Å². The van der Waals surface area contributed by atoms with E-state index in [1.54, 1.807) is 0 Å². The molecule has 0 unspecified atom stereocenters. The first-order valence-corrected chi connectivity index (χ1v) is 8.25. The maximum absolute atomic E-state index is 8.74. The minimum atomic E-state index is -3.13. The Bertz CT molecular complexity index is 123. The Hall–Kier alpha value is 1.46. The zero-order valence-corrected chi connectivity index (χ0v) is 11.4. The molecule has 0 atom stereocenters. The molecule has 0 aliphatic heterocycles. The van der Waals surface area contributed by atoms with E-state index in [0.29, 0.717) is 0 Å². The monoisotopic (exact) mass is 272 g/mol. The van der Waals surface area contributed by atoms with Crippen molar-refractivity contribution in [3.05, 3.63) is 0 Å². The third kappa shape index (κ3) is 15.5. The van der Waals surface area contributed by atoms with E-state index in [2.05, 4.69) is 27.7 Å². The normalized spacial score (nSPS) is 10.6. The standard InChI is InChI=1S/C8H20S.Na.H3O3P.H2O.H/c1-5-9(6-2,7-3)8-4;;1-4(2)3;;/h5-8H2,1-4H3;;4H,(H2,1,2,3);1H2;. The van der Waals surface area contributed by atoms with Gasteiger partial charge in [0.15, 0.2) is 0 Å². The van der Waals surface area contributed by atoms with Crippen molar-refractivity contribution in [1.82, 2.24) is 0 Å². The van der Waals surface area contributed by atoms with E-state index in [-0.39, 0.29) is 45.1 Å². The molecule has 0 aliphatic carbocycles. The second-order valence-corrected chi connectivity index (χ2v) is 7.99. The molecular weight excluding hydrogens is 246 g/mol. The summed E-state index contributed by atoms with van der Waals surface area (Å²) < 4.78 is 8.74. The van der Waals surface area contributed by atoms with Crippen molar-refractivity contribution in [3.8, 4) is 0 Å². The fourth-order valence-electron chi connectivity index (χ4n) is 1.22. The van der Waals surface area contributed by atoms with Crippen LogP contribution in [0.15, 0.2) is 0 Å². The van der Waals surface area contributed by atoms with E-state index >= 15 is 0 Å². The van der Waals surface area contributed by atoms with Crippen LogP contribution in [0.25, 0.3) is 0 Å². The van der Waals surface area contributed by atoms with Gasteiger partial charge < -0.3 is 15.3 Å². The van der Waals surface area contributed by atoms with Crippen LogP contribution in [-0.4, -0.2) is 67.8 Å². The van der Waals surface area contributed by atoms with Crippen molar-refractivity contribution in [3.63, 3.8) is 0 Å². The zero-order chi connectivity index (χ0) is 10.9. The summed E-state index contributed by atoms with van der Waals surface area (Å²) in [4.78, 5) is 14.3. The van der Waals surface area contributed by atoms with E-state index in [4.69, 9.17) is 14.4 Å². The van der Waals surface area contributed by atoms with Gasteiger partial charge in [0.2, 0.25) is 0 Å². The van der Waals surface area contributed by atoms with Crippen LogP contribution in [0, 0.1) is 0 Å². The average Bonchev–Trinajstić information content (AvgIpc) is 2.09. The van der Waals surface area contributed by atoms with Crippen molar-refractivity contribution in [1.29, 1.82) is 0 Å². The molecule has 0 rings (SSSR count). The van der Waals surface area contributed by atoms with Crippen LogP contribution in [0.1, 0.15) is 27.7 Å². The van der Waals surface area contributed by atoms with Crippen molar-refractivity contribution in [2.75, 3.05) is 23.0 Å². The summed E-state index contributed by atoms with van der Waals surface area (Å²) in [7, 11) is -3.28. The van der Waals surface area contributed by atoms with Crippen molar-refractivity contribution in [2.24, 2.45) is 0 Å². The first-order chi connectivity index (χ1) is 5.97. The third-order valence-corrected chi connectivity index (χ3v) is 7.35. The molecule has 7 heteroatoms. The van der Waals surface area contributed by atoms with Gasteiger partial charge >= 0.3 is 37.8 Å². The van der Waals surface area contributed by atoms with Crippen molar-refractivity contribution in [2.45, 2.75) is 27.7 Å². The molecular formula is C8H26NaO4PS. The van der Waals surface area contributed by atoms with Crippen LogP contribution < -0.4 is 0 Å². The van der Waals surface area contributed by atoms with E-state index < -0.39 is 8.25 Å². The second-order valence-electron chi connectivity index (χ2n) is 2.66. The summed E-state index contributed by atoms with van der Waals surface area (Å²) in [5, 5.41) is 0. The third-order valence-electron chi connectivity index (χ3n) is 2.45. The first kappa shape index (κ1) is 25.3. The Labute approximate surface area is 118 Å². The molecule has 0 aromatic rings. The topological polar surface area (TPSA) is 89.0 Å². The van der Waals surface area contributed by atoms with Crippen molar-refractivity contribution >= 4 is 47.8 Å². The van der Waals surface area contributed by atoms with Gasteiger partial charge in [-0.2, -0.15) is 0 Å². The molecule has 0 spiro atoms. The molecule has 94 valence electrons. The first-order valence-electron chi connectivity index (χ1n) is 4.63. The molecule has 0 radical (unpaired) electrons. The van der Waals surface area contributed by atoms with E-state index in [9.17, 15) is 0 Å². The summed E-state index contributed by atoms with van der Waals surface area (Å²) in [6.45, 7) is 9.36. The Morgan fingerprint density at radius 1 is 0.933 bits per heavy atom. The van der Waals surface area contributed by atoms with Gasteiger partial charge in [0.1, 0.15) is 0 Å². The van der Waals surface area contributed by atoms with E-state index in [0.717, 1.165) is 0 Å². The maximum atomic E-state index is 8.74. The van der Waals surface area contributed by atoms with Gasteiger partial charge in [-0.25, -0.2) is 10.0 Å². The summed E-state index contributed by atoms with van der Waals surface area (Å²) in [6, 6.07) is 0. The molecule has 4 nitrogen and oxygen atoms in total. The zero-order valence-electron chi connectivity index (χ0n) is 9.54. The minimum absolute atomic E-state index is 0. The molecule has 0 fully saturated rings. The SMILES string of the molecule is CCS(CC)(CC)CC.O.O=[PH](O)O.[NaH]. The van der Waals surface area contributed by atoms with Crippen LogP contribution in [0.4, 0.5) is 0 Å². The van der Waals surface area contributed by atoms with Crippen LogP contribution in [0.3, 0.4) is 0 Å². The number of hydrogen-bond donors (Lipinski definition) is 2. The van der Waals surface area contributed by atoms with Gasteiger partial charge in [0.05, 0.1) is 0 Å². The molecule has 0 aromatic carbocycles. The predicted octanol–water partition coefficient (Wildman–Crippen LogP) is 0.758. The predicted molar refractivity (Wildman–Crippen MR) is 74.0 cm³/mol. The number of hydrogen-bond acceptors (Lipinski definition) is 1. The van der Waals surface area contributed by atoms with E-state index in [1.807, 2.05) is 0 Å². The van der Waals surface area contributed by atoms with Gasteiger partial charge in [-0.15, -0.1) is 0 Å². The molecule has 15 heavy (non-hydrogen) atoms.